The molecule has 150 valence electrons. The van der Waals surface area contributed by atoms with Gasteiger partial charge >= 0.3 is 6.03 Å². The minimum absolute atomic E-state index is 0.0316. The van der Waals surface area contributed by atoms with Gasteiger partial charge in [0.05, 0.1) is 5.52 Å². The van der Waals surface area contributed by atoms with Gasteiger partial charge in [0.1, 0.15) is 0 Å². The number of pyridine rings is 1. The molecule has 0 radical (unpaired) electrons. The Labute approximate surface area is 176 Å². The predicted octanol–water partition coefficient (Wildman–Crippen LogP) is 4.35. The molecule has 4 rings (SSSR count). The van der Waals surface area contributed by atoms with Crippen molar-refractivity contribution in [1.82, 2.24) is 15.2 Å². The highest BCUT2D eigenvalue weighted by Gasteiger charge is 2.22. The van der Waals surface area contributed by atoms with Gasteiger partial charge in [-0.2, -0.15) is 0 Å². The Balaban J connectivity index is 1.27. The number of aryl methyl sites for hydroxylation is 1. The van der Waals surface area contributed by atoms with Crippen LogP contribution in [0.4, 0.5) is 10.5 Å². The average Bonchev–Trinajstić information content (AvgIpc) is 2.77. The smallest absolute Gasteiger partial charge is 0.317 e. The number of carbonyl (C=O) groups excluding carboxylic acids is 1. The third kappa shape index (κ3) is 4.80. The van der Waals surface area contributed by atoms with E-state index in [4.69, 9.17) is 11.6 Å². The fourth-order valence-corrected chi connectivity index (χ4v) is 3.94. The van der Waals surface area contributed by atoms with Gasteiger partial charge in [0.25, 0.3) is 0 Å². The lowest BCUT2D eigenvalue weighted by molar-refractivity contribution is 0.194. The van der Waals surface area contributed by atoms with Gasteiger partial charge < -0.3 is 15.1 Å². The number of aromatic nitrogens is 1. The molecule has 0 unspecified atom stereocenters. The summed E-state index contributed by atoms with van der Waals surface area (Å²) in [4.78, 5) is 21.1. The summed E-state index contributed by atoms with van der Waals surface area (Å²) in [5.74, 6) is 0. The molecule has 5 nitrogen and oxygen atoms in total. The number of hydrogen-bond donors (Lipinski definition) is 1. The van der Waals surface area contributed by atoms with Gasteiger partial charge in [0.15, 0.2) is 0 Å². The van der Waals surface area contributed by atoms with Crippen molar-refractivity contribution in [3.8, 4) is 0 Å². The Kier molecular flexibility index (Phi) is 6.15. The van der Waals surface area contributed by atoms with E-state index in [0.29, 0.717) is 24.7 Å². The van der Waals surface area contributed by atoms with Crippen LogP contribution in [0.25, 0.3) is 10.9 Å². The minimum Gasteiger partial charge on any atom is -0.367 e. The first kappa shape index (κ1) is 19.5. The minimum atomic E-state index is 0.0316. The summed E-state index contributed by atoms with van der Waals surface area (Å²) in [6.07, 6.45) is 3.75. The zero-order valence-corrected chi connectivity index (χ0v) is 17.1. The Hall–Kier alpha value is -2.79. The highest BCUT2D eigenvalue weighted by molar-refractivity contribution is 6.31. The number of halogens is 1. The maximum Gasteiger partial charge on any atom is 0.317 e. The molecule has 2 heterocycles. The van der Waals surface area contributed by atoms with Crippen LogP contribution in [-0.2, 0) is 6.42 Å². The number of fused-ring (bicyclic) bond motifs is 1. The van der Waals surface area contributed by atoms with Gasteiger partial charge in [-0.05, 0) is 42.7 Å². The molecule has 1 aliphatic rings. The van der Waals surface area contributed by atoms with Crippen molar-refractivity contribution in [3.63, 3.8) is 0 Å². The van der Waals surface area contributed by atoms with E-state index in [9.17, 15) is 4.79 Å². The van der Waals surface area contributed by atoms with Gasteiger partial charge in [-0.3, -0.25) is 4.98 Å². The molecule has 1 aromatic heterocycles. The standard InChI is InChI=1S/C23H25ClN4O/c24-19-8-9-20-21(17-19)25-12-10-22(20)27-13-15-28(16-14-27)23(29)26-11-4-7-18-5-2-1-3-6-18/h1-3,5-6,8-10,12,17H,4,7,11,13-16H2,(H,26,29). The number of amides is 2. The zero-order chi connectivity index (χ0) is 20.1. The number of rotatable bonds is 5. The molecule has 0 spiro atoms. The first-order valence-electron chi connectivity index (χ1n) is 10.1. The van der Waals surface area contributed by atoms with Crippen molar-refractivity contribution in [2.75, 3.05) is 37.6 Å². The molecule has 3 aromatic rings. The van der Waals surface area contributed by atoms with Crippen LogP contribution in [0.5, 0.6) is 0 Å². The quantitative estimate of drug-likeness (QED) is 0.638. The SMILES string of the molecule is O=C(NCCCc1ccccc1)N1CCN(c2ccnc3cc(Cl)ccc23)CC1. The second-order valence-electron chi connectivity index (χ2n) is 7.29. The first-order valence-corrected chi connectivity index (χ1v) is 10.4. The molecule has 29 heavy (non-hydrogen) atoms. The molecule has 0 aliphatic carbocycles. The zero-order valence-electron chi connectivity index (χ0n) is 16.4. The third-order valence-corrected chi connectivity index (χ3v) is 5.59. The average molecular weight is 409 g/mol. The summed E-state index contributed by atoms with van der Waals surface area (Å²) < 4.78 is 0. The normalized spacial score (nSPS) is 14.2. The molecule has 1 aliphatic heterocycles. The highest BCUT2D eigenvalue weighted by Crippen LogP contribution is 2.28. The summed E-state index contributed by atoms with van der Waals surface area (Å²) in [5.41, 5.74) is 3.35. The fourth-order valence-electron chi connectivity index (χ4n) is 3.78. The summed E-state index contributed by atoms with van der Waals surface area (Å²) in [6, 6.07) is 18.2. The maximum atomic E-state index is 12.5. The molecule has 0 atom stereocenters. The largest absolute Gasteiger partial charge is 0.367 e. The number of hydrogen-bond acceptors (Lipinski definition) is 3. The number of urea groups is 1. The van der Waals surface area contributed by atoms with E-state index in [1.54, 1.807) is 0 Å². The van der Waals surface area contributed by atoms with Gasteiger partial charge in [-0.15, -0.1) is 0 Å². The van der Waals surface area contributed by atoms with Crippen molar-refractivity contribution >= 4 is 34.2 Å². The van der Waals surface area contributed by atoms with Crippen LogP contribution in [0, 0.1) is 0 Å². The van der Waals surface area contributed by atoms with Crippen molar-refractivity contribution in [1.29, 1.82) is 0 Å². The lowest BCUT2D eigenvalue weighted by Gasteiger charge is -2.36. The predicted molar refractivity (Wildman–Crippen MR) is 119 cm³/mol. The van der Waals surface area contributed by atoms with E-state index in [0.717, 1.165) is 42.5 Å². The monoisotopic (exact) mass is 408 g/mol. The molecule has 1 N–H and O–H groups in total. The summed E-state index contributed by atoms with van der Waals surface area (Å²) in [5, 5.41) is 4.84. The van der Waals surface area contributed by atoms with Crippen LogP contribution in [0.1, 0.15) is 12.0 Å². The fraction of sp³-hybridized carbons (Fsp3) is 0.304. The topological polar surface area (TPSA) is 48.5 Å². The van der Waals surface area contributed by atoms with Crippen LogP contribution >= 0.6 is 11.6 Å². The number of benzene rings is 2. The molecule has 1 fully saturated rings. The lowest BCUT2D eigenvalue weighted by atomic mass is 10.1. The van der Waals surface area contributed by atoms with Crippen molar-refractivity contribution in [3.05, 3.63) is 71.4 Å². The number of nitrogens with zero attached hydrogens (tertiary/aromatic N) is 3. The summed E-state index contributed by atoms with van der Waals surface area (Å²) in [6.45, 7) is 3.73. The second kappa shape index (κ2) is 9.14. The number of piperazine rings is 1. The Morgan fingerprint density at radius 1 is 1.03 bits per heavy atom. The van der Waals surface area contributed by atoms with Crippen LogP contribution < -0.4 is 10.2 Å². The van der Waals surface area contributed by atoms with E-state index in [2.05, 4.69) is 27.3 Å². The molecule has 6 heteroatoms. The van der Waals surface area contributed by atoms with Gasteiger partial charge in [0.2, 0.25) is 0 Å². The van der Waals surface area contributed by atoms with Crippen molar-refractivity contribution < 1.29 is 4.79 Å². The first-order chi connectivity index (χ1) is 14.2. The van der Waals surface area contributed by atoms with Crippen LogP contribution in [-0.4, -0.2) is 48.6 Å². The molecule has 2 aromatic carbocycles. The van der Waals surface area contributed by atoms with E-state index in [1.807, 2.05) is 53.6 Å². The third-order valence-electron chi connectivity index (χ3n) is 5.35. The number of anilines is 1. The Morgan fingerprint density at radius 3 is 2.62 bits per heavy atom. The Bertz CT molecular complexity index is 971. The molecule has 0 bridgehead atoms. The van der Waals surface area contributed by atoms with Gasteiger partial charge in [-0.1, -0.05) is 41.9 Å². The van der Waals surface area contributed by atoms with E-state index >= 15 is 0 Å². The summed E-state index contributed by atoms with van der Waals surface area (Å²) in [7, 11) is 0. The lowest BCUT2D eigenvalue weighted by Crippen LogP contribution is -2.52. The Morgan fingerprint density at radius 2 is 1.83 bits per heavy atom. The second-order valence-corrected chi connectivity index (χ2v) is 7.72. The molecule has 0 saturated carbocycles. The number of nitrogens with one attached hydrogen (secondary N) is 1. The molecule has 2 amide bonds. The van der Waals surface area contributed by atoms with Gasteiger partial charge in [0, 0.05) is 55.0 Å². The van der Waals surface area contributed by atoms with Crippen LogP contribution in [0.3, 0.4) is 0 Å². The van der Waals surface area contributed by atoms with Crippen molar-refractivity contribution in [2.24, 2.45) is 0 Å². The molecular weight excluding hydrogens is 384 g/mol. The highest BCUT2D eigenvalue weighted by atomic mass is 35.5. The molecule has 1 saturated heterocycles. The van der Waals surface area contributed by atoms with Crippen LogP contribution in [0.2, 0.25) is 5.02 Å². The van der Waals surface area contributed by atoms with Gasteiger partial charge in [-0.25, -0.2) is 4.79 Å². The maximum absolute atomic E-state index is 12.5. The van der Waals surface area contributed by atoms with Crippen molar-refractivity contribution in [2.45, 2.75) is 12.8 Å². The van der Waals surface area contributed by atoms with E-state index in [1.165, 1.54) is 5.56 Å². The number of carbonyl (C=O) groups is 1. The molecular formula is C23H25ClN4O. The van der Waals surface area contributed by atoms with E-state index < -0.39 is 0 Å². The van der Waals surface area contributed by atoms with Crippen LogP contribution in [0.15, 0.2) is 60.8 Å². The summed E-state index contributed by atoms with van der Waals surface area (Å²) >= 11 is 6.09. The van der Waals surface area contributed by atoms with E-state index in [-0.39, 0.29) is 6.03 Å².